The highest BCUT2D eigenvalue weighted by molar-refractivity contribution is 5.92. The van der Waals surface area contributed by atoms with Gasteiger partial charge in [0.25, 0.3) is 0 Å². The molecule has 3 rings (SSSR count). The van der Waals surface area contributed by atoms with Crippen LogP contribution in [0.2, 0.25) is 0 Å². The molecule has 0 aliphatic carbocycles. The van der Waals surface area contributed by atoms with E-state index in [0.717, 1.165) is 31.7 Å². The van der Waals surface area contributed by atoms with Crippen molar-refractivity contribution in [1.82, 2.24) is 9.97 Å². The largest absolute Gasteiger partial charge is 0.477 e. The van der Waals surface area contributed by atoms with Gasteiger partial charge in [-0.15, -0.1) is 0 Å². The molecule has 0 radical (unpaired) electrons. The Morgan fingerprint density at radius 1 is 0.917 bits per heavy atom. The third-order valence-corrected chi connectivity index (χ3v) is 4.02. The molecule has 0 unspecified atom stereocenters. The van der Waals surface area contributed by atoms with E-state index in [-0.39, 0.29) is 11.4 Å². The van der Waals surface area contributed by atoms with Crippen LogP contribution in [0.3, 0.4) is 0 Å². The highest BCUT2D eigenvalue weighted by Gasteiger charge is 2.15. The molecule has 0 atom stereocenters. The molecule has 1 fully saturated rings. The lowest BCUT2D eigenvalue weighted by atomic mass is 10.1. The van der Waals surface area contributed by atoms with Crippen molar-refractivity contribution in [3.8, 4) is 11.1 Å². The second kappa shape index (κ2) is 6.66. The molecule has 1 aliphatic heterocycles. The molecule has 0 amide bonds. The lowest BCUT2D eigenvalue weighted by molar-refractivity contribution is 0.0685. The summed E-state index contributed by atoms with van der Waals surface area (Å²) in [6.45, 7) is 1.96. The topological polar surface area (TPSA) is 104 Å². The zero-order valence-corrected chi connectivity index (χ0v) is 13.0. The maximum absolute atomic E-state index is 11.1. The number of carboxylic acids is 2. The molecule has 7 heteroatoms. The quantitative estimate of drug-likeness (QED) is 0.889. The smallest absolute Gasteiger partial charge is 0.354 e. The first-order valence-corrected chi connectivity index (χ1v) is 7.74. The summed E-state index contributed by atoms with van der Waals surface area (Å²) in [6.07, 6.45) is 5.17. The number of anilines is 1. The van der Waals surface area contributed by atoms with Gasteiger partial charge in [0.05, 0.1) is 0 Å². The maximum atomic E-state index is 11.1. The van der Waals surface area contributed by atoms with Gasteiger partial charge in [-0.1, -0.05) is 0 Å². The van der Waals surface area contributed by atoms with Crippen LogP contribution in [0.1, 0.15) is 40.2 Å². The summed E-state index contributed by atoms with van der Waals surface area (Å²) in [7, 11) is 0. The van der Waals surface area contributed by atoms with E-state index < -0.39 is 11.9 Å². The first kappa shape index (κ1) is 15.9. The predicted octanol–water partition coefficient (Wildman–Crippen LogP) is 2.53. The van der Waals surface area contributed by atoms with E-state index in [1.54, 1.807) is 6.20 Å². The Morgan fingerprint density at radius 3 is 2.04 bits per heavy atom. The van der Waals surface area contributed by atoms with Gasteiger partial charge < -0.3 is 15.1 Å². The summed E-state index contributed by atoms with van der Waals surface area (Å²) in [6, 6.07) is 6.41. The lowest BCUT2D eigenvalue weighted by Crippen LogP contribution is -2.29. The number of hydrogen-bond acceptors (Lipinski definition) is 5. The van der Waals surface area contributed by atoms with Crippen LogP contribution in [0.4, 0.5) is 5.82 Å². The van der Waals surface area contributed by atoms with E-state index >= 15 is 0 Å². The Morgan fingerprint density at radius 2 is 1.54 bits per heavy atom. The zero-order chi connectivity index (χ0) is 17.1. The standard InChI is InChI=1S/C17H17N3O4/c21-16(22)13-8-12(9-14(19-13)17(23)24)11-4-5-15(18-10-11)20-6-2-1-3-7-20/h4-5,8-10H,1-3,6-7H2,(H,21,22)(H,23,24). The predicted molar refractivity (Wildman–Crippen MR) is 87.5 cm³/mol. The van der Waals surface area contributed by atoms with E-state index in [1.807, 2.05) is 12.1 Å². The molecule has 1 saturated heterocycles. The van der Waals surface area contributed by atoms with Gasteiger partial charge >= 0.3 is 11.9 Å². The minimum absolute atomic E-state index is 0.301. The highest BCUT2D eigenvalue weighted by Crippen LogP contribution is 2.24. The van der Waals surface area contributed by atoms with Gasteiger partial charge in [0.2, 0.25) is 0 Å². The molecular weight excluding hydrogens is 310 g/mol. The minimum Gasteiger partial charge on any atom is -0.477 e. The third-order valence-electron chi connectivity index (χ3n) is 4.02. The summed E-state index contributed by atoms with van der Waals surface area (Å²) >= 11 is 0. The fourth-order valence-corrected chi connectivity index (χ4v) is 2.78. The Labute approximate surface area is 138 Å². The van der Waals surface area contributed by atoms with E-state index in [9.17, 15) is 9.59 Å². The van der Waals surface area contributed by atoms with E-state index in [2.05, 4.69) is 14.9 Å². The number of pyridine rings is 2. The fraction of sp³-hybridized carbons (Fsp3) is 0.294. The first-order valence-electron chi connectivity index (χ1n) is 7.74. The number of aromatic nitrogens is 2. The molecule has 0 aromatic carbocycles. The monoisotopic (exact) mass is 327 g/mol. The number of nitrogens with zero attached hydrogens (tertiary/aromatic N) is 3. The molecule has 7 nitrogen and oxygen atoms in total. The van der Waals surface area contributed by atoms with Gasteiger partial charge in [0.15, 0.2) is 0 Å². The van der Waals surface area contributed by atoms with Crippen molar-refractivity contribution in [1.29, 1.82) is 0 Å². The van der Waals surface area contributed by atoms with Crippen molar-refractivity contribution in [2.75, 3.05) is 18.0 Å². The first-order chi connectivity index (χ1) is 11.5. The van der Waals surface area contributed by atoms with Crippen molar-refractivity contribution in [3.05, 3.63) is 41.9 Å². The van der Waals surface area contributed by atoms with Crippen molar-refractivity contribution >= 4 is 17.8 Å². The Bertz CT molecular complexity index is 736. The van der Waals surface area contributed by atoms with Crippen LogP contribution < -0.4 is 4.90 Å². The molecule has 124 valence electrons. The SMILES string of the molecule is O=C(O)c1cc(-c2ccc(N3CCCCC3)nc2)cc(C(=O)O)n1. The van der Waals surface area contributed by atoms with E-state index in [0.29, 0.717) is 11.1 Å². The van der Waals surface area contributed by atoms with E-state index in [1.165, 1.54) is 18.6 Å². The Hall–Kier alpha value is -2.96. The number of rotatable bonds is 4. The van der Waals surface area contributed by atoms with Gasteiger partial charge in [-0.3, -0.25) is 0 Å². The van der Waals surface area contributed by atoms with Crippen molar-refractivity contribution in [3.63, 3.8) is 0 Å². The van der Waals surface area contributed by atoms with Gasteiger partial charge in [-0.05, 0) is 49.1 Å². The molecule has 2 aromatic rings. The summed E-state index contributed by atoms with van der Waals surface area (Å²) in [5, 5.41) is 18.2. The van der Waals surface area contributed by atoms with Crippen LogP contribution in [0.15, 0.2) is 30.5 Å². The normalized spacial score (nSPS) is 14.4. The molecule has 1 aliphatic rings. The van der Waals surface area contributed by atoms with Crippen molar-refractivity contribution in [2.45, 2.75) is 19.3 Å². The molecule has 3 heterocycles. The number of carboxylic acid groups (broad SMARTS) is 2. The number of aromatic carboxylic acids is 2. The van der Waals surface area contributed by atoms with Crippen LogP contribution in [0.5, 0.6) is 0 Å². The number of piperidine rings is 1. The van der Waals surface area contributed by atoms with Crippen molar-refractivity contribution in [2.24, 2.45) is 0 Å². The number of carbonyl (C=O) groups is 2. The molecule has 2 aromatic heterocycles. The maximum Gasteiger partial charge on any atom is 0.354 e. The lowest BCUT2D eigenvalue weighted by Gasteiger charge is -2.27. The van der Waals surface area contributed by atoms with E-state index in [4.69, 9.17) is 10.2 Å². The van der Waals surface area contributed by atoms with Gasteiger partial charge in [0.1, 0.15) is 17.2 Å². The summed E-state index contributed by atoms with van der Waals surface area (Å²) in [4.78, 5) is 32.6. The van der Waals surface area contributed by atoms with Gasteiger partial charge in [-0.2, -0.15) is 0 Å². The molecule has 2 N–H and O–H groups in total. The van der Waals surface area contributed by atoms with Gasteiger partial charge in [-0.25, -0.2) is 19.6 Å². The third kappa shape index (κ3) is 3.34. The molecule has 0 saturated carbocycles. The molecule has 0 bridgehead atoms. The Kier molecular flexibility index (Phi) is 4.41. The summed E-state index contributed by atoms with van der Waals surface area (Å²) in [5.41, 5.74) is 0.524. The second-order valence-corrected chi connectivity index (χ2v) is 5.69. The van der Waals surface area contributed by atoms with Crippen LogP contribution >= 0.6 is 0 Å². The van der Waals surface area contributed by atoms with Gasteiger partial charge in [0, 0.05) is 24.8 Å². The summed E-state index contributed by atoms with van der Waals surface area (Å²) in [5.74, 6) is -1.65. The molecule has 0 spiro atoms. The van der Waals surface area contributed by atoms with Crippen LogP contribution in [0.25, 0.3) is 11.1 Å². The van der Waals surface area contributed by atoms with Crippen LogP contribution in [0, 0.1) is 0 Å². The average molecular weight is 327 g/mol. The molecule has 24 heavy (non-hydrogen) atoms. The summed E-state index contributed by atoms with van der Waals surface area (Å²) < 4.78 is 0. The fourth-order valence-electron chi connectivity index (χ4n) is 2.78. The average Bonchev–Trinajstić information content (AvgIpc) is 2.62. The van der Waals surface area contributed by atoms with Crippen molar-refractivity contribution < 1.29 is 19.8 Å². The number of hydrogen-bond donors (Lipinski definition) is 2. The van der Waals surface area contributed by atoms with Crippen LogP contribution in [-0.4, -0.2) is 45.2 Å². The minimum atomic E-state index is -1.27. The zero-order valence-electron chi connectivity index (χ0n) is 13.0. The van der Waals surface area contributed by atoms with Crippen LogP contribution in [-0.2, 0) is 0 Å². The Balaban J connectivity index is 1.93. The second-order valence-electron chi connectivity index (χ2n) is 5.69. The highest BCUT2D eigenvalue weighted by atomic mass is 16.4. The molecular formula is C17H17N3O4.